The van der Waals surface area contributed by atoms with Gasteiger partial charge in [0.25, 0.3) is 0 Å². The molecule has 0 spiro atoms. The van der Waals surface area contributed by atoms with Crippen LogP contribution in [-0.4, -0.2) is 48.0 Å². The number of anilines is 1. The first-order valence-electron chi connectivity index (χ1n) is 9.86. The molecular weight excluding hydrogens is 375 g/mol. The van der Waals surface area contributed by atoms with Gasteiger partial charge in [-0.25, -0.2) is 14.4 Å². The first-order valence-corrected chi connectivity index (χ1v) is 9.86. The molecule has 1 fully saturated rings. The van der Waals surface area contributed by atoms with Crippen LogP contribution in [0.15, 0.2) is 30.6 Å². The second kappa shape index (κ2) is 7.61. The van der Waals surface area contributed by atoms with Gasteiger partial charge in [0.1, 0.15) is 42.1 Å². The number of ether oxygens (including phenoxy) is 3. The molecule has 7 nitrogen and oxygen atoms in total. The van der Waals surface area contributed by atoms with Crippen LogP contribution >= 0.6 is 0 Å². The van der Waals surface area contributed by atoms with Crippen molar-refractivity contribution in [3.05, 3.63) is 47.7 Å². The van der Waals surface area contributed by atoms with Gasteiger partial charge in [-0.2, -0.15) is 0 Å². The van der Waals surface area contributed by atoms with Gasteiger partial charge in [-0.15, -0.1) is 0 Å². The number of rotatable bonds is 7. The number of hydrogen-bond acceptors (Lipinski definition) is 6. The molecule has 2 N–H and O–H groups in total. The van der Waals surface area contributed by atoms with Crippen LogP contribution in [-0.2, 0) is 9.47 Å². The molecule has 3 aromatic rings. The lowest BCUT2D eigenvalue weighted by Gasteiger charge is -2.34. The summed E-state index contributed by atoms with van der Waals surface area (Å²) in [6.45, 7) is 1.24. The highest BCUT2D eigenvalue weighted by molar-refractivity contribution is 5.88. The molecular formula is C21H23FN4O3. The Morgan fingerprint density at radius 2 is 2.14 bits per heavy atom. The lowest BCUT2D eigenvalue weighted by molar-refractivity contribution is -0.0231. The Bertz CT molecular complexity index is 1020. The maximum atomic E-state index is 13.7. The maximum Gasteiger partial charge on any atom is 0.143 e. The smallest absolute Gasteiger partial charge is 0.143 e. The zero-order valence-corrected chi connectivity index (χ0v) is 16.2. The SMILES string of the molecule is COCCO[C@H]1COc2cc(F)ccc2[C@@H]1Nc1ncnc2[nH]c(C3CC3)cc12. The molecule has 0 saturated heterocycles. The fourth-order valence-electron chi connectivity index (χ4n) is 3.79. The van der Waals surface area contributed by atoms with Gasteiger partial charge >= 0.3 is 0 Å². The van der Waals surface area contributed by atoms with E-state index < -0.39 is 0 Å². The molecule has 0 radical (unpaired) electrons. The number of fused-ring (bicyclic) bond motifs is 2. The average Bonchev–Trinajstić information content (AvgIpc) is 3.48. The van der Waals surface area contributed by atoms with Gasteiger partial charge in [-0.05, 0) is 30.9 Å². The fourth-order valence-corrected chi connectivity index (χ4v) is 3.79. The molecule has 1 aliphatic heterocycles. The second-order valence-corrected chi connectivity index (χ2v) is 7.50. The predicted molar refractivity (Wildman–Crippen MR) is 106 cm³/mol. The van der Waals surface area contributed by atoms with Crippen LogP contribution in [0, 0.1) is 5.82 Å². The maximum absolute atomic E-state index is 13.7. The Morgan fingerprint density at radius 1 is 1.24 bits per heavy atom. The molecule has 1 aromatic carbocycles. The first kappa shape index (κ1) is 18.3. The largest absolute Gasteiger partial charge is 0.490 e. The lowest BCUT2D eigenvalue weighted by atomic mass is 9.97. The highest BCUT2D eigenvalue weighted by Gasteiger charge is 2.33. The third kappa shape index (κ3) is 3.65. The zero-order valence-electron chi connectivity index (χ0n) is 16.2. The molecule has 0 unspecified atom stereocenters. The Balaban J connectivity index is 1.48. The Kier molecular flexibility index (Phi) is 4.81. The summed E-state index contributed by atoms with van der Waals surface area (Å²) in [6, 6.07) is 6.46. The zero-order chi connectivity index (χ0) is 19.8. The van der Waals surface area contributed by atoms with Crippen molar-refractivity contribution in [2.45, 2.75) is 30.9 Å². The minimum absolute atomic E-state index is 0.242. The number of methoxy groups -OCH3 is 1. The molecule has 1 aliphatic carbocycles. The van der Waals surface area contributed by atoms with E-state index in [1.807, 2.05) is 0 Å². The molecule has 2 aromatic heterocycles. The molecule has 1 saturated carbocycles. The average molecular weight is 398 g/mol. The van der Waals surface area contributed by atoms with Crippen molar-refractivity contribution in [2.24, 2.45) is 0 Å². The second-order valence-electron chi connectivity index (χ2n) is 7.50. The lowest BCUT2D eigenvalue weighted by Crippen LogP contribution is -2.38. The number of benzene rings is 1. The number of aromatic nitrogens is 3. The van der Waals surface area contributed by atoms with Crippen LogP contribution in [0.2, 0.25) is 0 Å². The highest BCUT2D eigenvalue weighted by Crippen LogP contribution is 2.42. The summed E-state index contributed by atoms with van der Waals surface area (Å²) in [5.41, 5.74) is 2.85. The van der Waals surface area contributed by atoms with Crippen molar-refractivity contribution in [3.8, 4) is 5.75 Å². The van der Waals surface area contributed by atoms with Crippen LogP contribution in [0.5, 0.6) is 5.75 Å². The summed E-state index contributed by atoms with van der Waals surface area (Å²) in [4.78, 5) is 12.3. The summed E-state index contributed by atoms with van der Waals surface area (Å²) in [5, 5.41) is 4.45. The van der Waals surface area contributed by atoms with E-state index in [0.29, 0.717) is 31.5 Å². The van der Waals surface area contributed by atoms with E-state index in [-0.39, 0.29) is 18.0 Å². The molecule has 8 heteroatoms. The van der Waals surface area contributed by atoms with Gasteiger partial charge in [0.2, 0.25) is 0 Å². The third-order valence-corrected chi connectivity index (χ3v) is 5.46. The van der Waals surface area contributed by atoms with Crippen LogP contribution in [0.25, 0.3) is 11.0 Å². The Morgan fingerprint density at radius 3 is 2.97 bits per heavy atom. The molecule has 152 valence electrons. The summed E-state index contributed by atoms with van der Waals surface area (Å²) >= 11 is 0. The minimum Gasteiger partial charge on any atom is -0.490 e. The molecule has 0 amide bonds. The van der Waals surface area contributed by atoms with Crippen molar-refractivity contribution in [1.29, 1.82) is 0 Å². The van der Waals surface area contributed by atoms with E-state index >= 15 is 0 Å². The van der Waals surface area contributed by atoms with Gasteiger partial charge < -0.3 is 24.5 Å². The number of H-pyrrole nitrogens is 1. The Labute approximate surface area is 167 Å². The van der Waals surface area contributed by atoms with E-state index in [1.54, 1.807) is 19.5 Å². The molecule has 2 atom stereocenters. The quantitative estimate of drug-likeness (QED) is 0.593. The normalized spacial score (nSPS) is 21.0. The number of nitrogens with zero attached hydrogens (tertiary/aromatic N) is 2. The third-order valence-electron chi connectivity index (χ3n) is 5.46. The summed E-state index contributed by atoms with van der Waals surface area (Å²) in [7, 11) is 1.63. The summed E-state index contributed by atoms with van der Waals surface area (Å²) < 4.78 is 30.6. The van der Waals surface area contributed by atoms with Crippen LogP contribution in [0.1, 0.15) is 36.1 Å². The van der Waals surface area contributed by atoms with Gasteiger partial charge in [0.15, 0.2) is 0 Å². The number of nitrogens with one attached hydrogen (secondary N) is 2. The molecule has 5 rings (SSSR count). The van der Waals surface area contributed by atoms with Crippen molar-refractivity contribution < 1.29 is 18.6 Å². The van der Waals surface area contributed by atoms with Crippen LogP contribution < -0.4 is 10.1 Å². The first-order chi connectivity index (χ1) is 14.2. The monoisotopic (exact) mass is 398 g/mol. The molecule has 2 aliphatic rings. The van der Waals surface area contributed by atoms with Gasteiger partial charge in [-0.1, -0.05) is 6.07 Å². The van der Waals surface area contributed by atoms with E-state index in [0.717, 1.165) is 22.4 Å². The van der Waals surface area contributed by atoms with Crippen LogP contribution in [0.3, 0.4) is 0 Å². The van der Waals surface area contributed by atoms with Crippen molar-refractivity contribution >= 4 is 16.9 Å². The number of halogens is 1. The Hall–Kier alpha value is -2.71. The van der Waals surface area contributed by atoms with Crippen molar-refractivity contribution in [3.63, 3.8) is 0 Å². The molecule has 29 heavy (non-hydrogen) atoms. The molecule has 0 bridgehead atoms. The van der Waals surface area contributed by atoms with E-state index in [2.05, 4.69) is 26.3 Å². The predicted octanol–water partition coefficient (Wildman–Crippen LogP) is 3.55. The van der Waals surface area contributed by atoms with E-state index in [1.165, 1.54) is 30.7 Å². The fraction of sp³-hybridized carbons (Fsp3) is 0.429. The number of aromatic amines is 1. The molecule has 3 heterocycles. The van der Waals surface area contributed by atoms with Gasteiger partial charge in [-0.3, -0.25) is 0 Å². The standard InChI is InChI=1S/C21H23FN4O3/c1-27-6-7-28-18-10-29-17-8-13(22)4-5-14(17)19(18)26-21-15-9-16(12-2-3-12)25-20(15)23-11-24-21/h4-5,8-9,11-12,18-19H,2-3,6-7,10H2,1H3,(H2,23,24,25,26)/t18-,19-/m0/s1. The van der Waals surface area contributed by atoms with Crippen LogP contribution in [0.4, 0.5) is 10.2 Å². The summed E-state index contributed by atoms with van der Waals surface area (Å²) in [5.74, 6) is 1.51. The van der Waals surface area contributed by atoms with Gasteiger partial charge in [0.05, 0.1) is 24.6 Å². The van der Waals surface area contributed by atoms with Gasteiger partial charge in [0, 0.05) is 24.4 Å². The summed E-state index contributed by atoms with van der Waals surface area (Å²) in [6.07, 6.45) is 3.69. The number of hydrogen-bond donors (Lipinski definition) is 2. The topological polar surface area (TPSA) is 81.3 Å². The highest BCUT2D eigenvalue weighted by atomic mass is 19.1. The van der Waals surface area contributed by atoms with Crippen molar-refractivity contribution in [2.75, 3.05) is 32.2 Å². The van der Waals surface area contributed by atoms with E-state index in [4.69, 9.17) is 14.2 Å². The van der Waals surface area contributed by atoms with Crippen molar-refractivity contribution in [1.82, 2.24) is 15.0 Å². The van der Waals surface area contributed by atoms with E-state index in [9.17, 15) is 4.39 Å². The minimum atomic E-state index is -0.328.